The summed E-state index contributed by atoms with van der Waals surface area (Å²) in [5, 5.41) is 3.90. The Morgan fingerprint density at radius 1 is 0.838 bits per heavy atom. The van der Waals surface area contributed by atoms with E-state index in [1.165, 1.54) is 0 Å². The first kappa shape index (κ1) is 21.6. The molecule has 1 saturated heterocycles. The largest absolute Gasteiger partial charge is 0.486 e. The Balaban J connectivity index is 1.33. The van der Waals surface area contributed by atoms with Gasteiger partial charge in [0.2, 0.25) is 5.91 Å². The number of carbonyl (C=O) groups excluding carboxylic acids is 2. The number of anilines is 2. The van der Waals surface area contributed by atoms with Gasteiger partial charge in [-0.1, -0.05) is 18.2 Å². The zero-order valence-corrected chi connectivity index (χ0v) is 19.8. The van der Waals surface area contributed by atoms with E-state index in [9.17, 15) is 9.59 Å². The van der Waals surface area contributed by atoms with Crippen LogP contribution in [0.4, 0.5) is 11.4 Å². The quantitative estimate of drug-likeness (QED) is 0.414. The van der Waals surface area contributed by atoms with Gasteiger partial charge in [-0.2, -0.15) is 0 Å². The highest BCUT2D eigenvalue weighted by Crippen LogP contribution is 2.49. The molecule has 0 saturated carbocycles. The number of H-pyrrole nitrogens is 1. The molecule has 0 aliphatic carbocycles. The van der Waals surface area contributed by atoms with Gasteiger partial charge in [-0.05, 0) is 30.3 Å². The molecule has 186 valence electrons. The number of benzene rings is 3. The maximum Gasteiger partial charge on any atom is 0.256 e. The van der Waals surface area contributed by atoms with Crippen LogP contribution in [0.1, 0.15) is 12.0 Å². The lowest BCUT2D eigenvalue weighted by molar-refractivity contribution is -0.137. The molecule has 1 fully saturated rings. The zero-order chi connectivity index (χ0) is 25.0. The van der Waals surface area contributed by atoms with Crippen molar-refractivity contribution in [3.05, 3.63) is 72.4 Å². The molecule has 4 aromatic rings. The average Bonchev–Trinajstić information content (AvgIpc) is 3.35. The zero-order valence-electron chi connectivity index (χ0n) is 19.8. The molecular weight excluding hydrogens is 474 g/mol. The number of aromatic nitrogens is 1. The highest BCUT2D eigenvalue weighted by Gasteiger charge is 2.59. The molecule has 1 atom stereocenters. The number of carbonyl (C=O) groups is 2. The van der Waals surface area contributed by atoms with Crippen LogP contribution in [-0.2, 0) is 15.1 Å². The summed E-state index contributed by atoms with van der Waals surface area (Å²) in [6.07, 6.45) is 1.82. The minimum Gasteiger partial charge on any atom is -0.486 e. The lowest BCUT2D eigenvalue weighted by Gasteiger charge is -2.50. The van der Waals surface area contributed by atoms with Crippen LogP contribution >= 0.6 is 0 Å². The van der Waals surface area contributed by atoms with Gasteiger partial charge in [0.15, 0.2) is 28.5 Å². The molecule has 9 nitrogen and oxygen atoms in total. The standard InChI is InChI=1S/C28H23N3O6/c32-26-15-28(20-16-29-21-4-2-1-3-19(20)21,31(26)18-6-8-23-25(14-18)37-12-10-35-23)27(33)30-17-5-7-22-24(13-17)36-11-9-34-22/h1-8,13-14,16,29H,9-12,15H2,(H,30,33). The van der Waals surface area contributed by atoms with E-state index in [1.54, 1.807) is 41.3 Å². The number of para-hydroxylation sites is 1. The number of rotatable bonds is 4. The van der Waals surface area contributed by atoms with Gasteiger partial charge in [-0.3, -0.25) is 14.5 Å². The molecule has 37 heavy (non-hydrogen) atoms. The summed E-state index contributed by atoms with van der Waals surface area (Å²) in [7, 11) is 0. The molecule has 0 bridgehead atoms. The van der Waals surface area contributed by atoms with Crippen LogP contribution < -0.4 is 29.2 Å². The highest BCUT2D eigenvalue weighted by molar-refractivity contribution is 6.18. The maximum absolute atomic E-state index is 14.2. The molecule has 9 heteroatoms. The van der Waals surface area contributed by atoms with Crippen LogP contribution in [-0.4, -0.2) is 43.2 Å². The molecule has 0 radical (unpaired) electrons. The lowest BCUT2D eigenvalue weighted by atomic mass is 9.75. The van der Waals surface area contributed by atoms with Crippen molar-refractivity contribution in [1.29, 1.82) is 0 Å². The first-order valence-electron chi connectivity index (χ1n) is 12.1. The second-order valence-corrected chi connectivity index (χ2v) is 9.15. The maximum atomic E-state index is 14.2. The molecule has 1 aromatic heterocycles. The van der Waals surface area contributed by atoms with Gasteiger partial charge in [0, 0.05) is 46.2 Å². The third kappa shape index (κ3) is 3.31. The average molecular weight is 498 g/mol. The number of fused-ring (bicyclic) bond motifs is 3. The number of hydrogen-bond acceptors (Lipinski definition) is 6. The predicted octanol–water partition coefficient (Wildman–Crippen LogP) is 3.98. The summed E-state index contributed by atoms with van der Waals surface area (Å²) in [4.78, 5) is 32.2. The Labute approximate surface area is 211 Å². The van der Waals surface area contributed by atoms with Crippen molar-refractivity contribution in [2.45, 2.75) is 12.0 Å². The van der Waals surface area contributed by atoms with E-state index in [1.807, 2.05) is 30.5 Å². The molecule has 1 unspecified atom stereocenters. The monoisotopic (exact) mass is 497 g/mol. The van der Waals surface area contributed by atoms with E-state index >= 15 is 0 Å². The van der Waals surface area contributed by atoms with Crippen molar-refractivity contribution in [3.8, 4) is 23.0 Å². The van der Waals surface area contributed by atoms with Gasteiger partial charge in [0.05, 0.1) is 6.42 Å². The normalized spacial score (nSPS) is 19.9. The Kier molecular flexibility index (Phi) is 4.78. The van der Waals surface area contributed by atoms with Crippen LogP contribution in [0.15, 0.2) is 66.9 Å². The van der Waals surface area contributed by atoms with E-state index in [0.29, 0.717) is 66.4 Å². The van der Waals surface area contributed by atoms with Gasteiger partial charge in [-0.15, -0.1) is 0 Å². The van der Waals surface area contributed by atoms with Gasteiger partial charge < -0.3 is 29.2 Å². The molecular formula is C28H23N3O6. The SMILES string of the molecule is O=C1CC(C(=O)Nc2ccc3c(c2)OCCO3)(c2c[nH]c3ccccc23)N1c1ccc2c(c1)OCCO2. The van der Waals surface area contributed by atoms with Crippen LogP contribution in [0.2, 0.25) is 0 Å². The molecule has 4 heterocycles. The molecule has 2 N–H and O–H groups in total. The van der Waals surface area contributed by atoms with Gasteiger partial charge >= 0.3 is 0 Å². The summed E-state index contributed by atoms with van der Waals surface area (Å²) >= 11 is 0. The Morgan fingerprint density at radius 2 is 1.51 bits per heavy atom. The Bertz CT molecular complexity index is 1560. The number of nitrogens with zero attached hydrogens (tertiary/aromatic N) is 1. The van der Waals surface area contributed by atoms with E-state index in [4.69, 9.17) is 18.9 Å². The second-order valence-electron chi connectivity index (χ2n) is 9.15. The van der Waals surface area contributed by atoms with Crippen LogP contribution in [0, 0.1) is 0 Å². The van der Waals surface area contributed by atoms with Gasteiger partial charge in [0.25, 0.3) is 5.91 Å². The molecule has 7 rings (SSSR count). The lowest BCUT2D eigenvalue weighted by Crippen LogP contribution is -2.67. The van der Waals surface area contributed by atoms with E-state index in [2.05, 4.69) is 10.3 Å². The Hall–Kier alpha value is -4.66. The minimum atomic E-state index is -1.28. The first-order valence-corrected chi connectivity index (χ1v) is 12.1. The third-order valence-corrected chi connectivity index (χ3v) is 7.03. The fourth-order valence-corrected chi connectivity index (χ4v) is 5.32. The second kappa shape index (κ2) is 8.19. The van der Waals surface area contributed by atoms with Crippen molar-refractivity contribution >= 4 is 34.1 Å². The topological polar surface area (TPSA) is 102 Å². The molecule has 3 aromatic carbocycles. The summed E-state index contributed by atoms with van der Waals surface area (Å²) in [5.74, 6) is 1.86. The number of nitrogens with one attached hydrogen (secondary N) is 2. The summed E-state index contributed by atoms with van der Waals surface area (Å²) in [6.45, 7) is 1.81. The van der Waals surface area contributed by atoms with E-state index < -0.39 is 5.54 Å². The van der Waals surface area contributed by atoms with Crippen molar-refractivity contribution in [3.63, 3.8) is 0 Å². The fourth-order valence-electron chi connectivity index (χ4n) is 5.32. The molecule has 3 aliphatic rings. The highest BCUT2D eigenvalue weighted by atomic mass is 16.6. The van der Waals surface area contributed by atoms with Gasteiger partial charge in [0.1, 0.15) is 26.4 Å². The number of β-lactam (4-membered cyclic amide) rings is 1. The number of ether oxygens (including phenoxy) is 4. The van der Waals surface area contributed by atoms with E-state index in [-0.39, 0.29) is 18.2 Å². The fraction of sp³-hybridized carbons (Fsp3) is 0.214. The smallest absolute Gasteiger partial charge is 0.256 e. The summed E-state index contributed by atoms with van der Waals surface area (Å²) in [5.41, 5.74) is 1.42. The molecule has 3 aliphatic heterocycles. The molecule has 0 spiro atoms. The number of aromatic amines is 1. The van der Waals surface area contributed by atoms with Crippen molar-refractivity contribution in [2.75, 3.05) is 36.6 Å². The summed E-state index contributed by atoms with van der Waals surface area (Å²) in [6, 6.07) is 18.3. The van der Waals surface area contributed by atoms with Crippen LogP contribution in [0.3, 0.4) is 0 Å². The van der Waals surface area contributed by atoms with Crippen molar-refractivity contribution in [1.82, 2.24) is 4.98 Å². The Morgan fingerprint density at radius 3 is 2.27 bits per heavy atom. The first-order chi connectivity index (χ1) is 18.1. The number of hydrogen-bond donors (Lipinski definition) is 2. The van der Waals surface area contributed by atoms with Crippen LogP contribution in [0.25, 0.3) is 10.9 Å². The van der Waals surface area contributed by atoms with Crippen LogP contribution in [0.5, 0.6) is 23.0 Å². The molecule has 2 amide bonds. The number of amides is 2. The third-order valence-electron chi connectivity index (χ3n) is 7.03. The van der Waals surface area contributed by atoms with Gasteiger partial charge in [-0.25, -0.2) is 0 Å². The van der Waals surface area contributed by atoms with Crippen molar-refractivity contribution in [2.24, 2.45) is 0 Å². The minimum absolute atomic E-state index is 0.0136. The summed E-state index contributed by atoms with van der Waals surface area (Å²) < 4.78 is 22.7. The van der Waals surface area contributed by atoms with Crippen molar-refractivity contribution < 1.29 is 28.5 Å². The van der Waals surface area contributed by atoms with E-state index in [0.717, 1.165) is 10.9 Å². The predicted molar refractivity (Wildman–Crippen MR) is 136 cm³/mol.